The molecule has 0 atom stereocenters. The molecular weight excluding hydrogens is 266 g/mol. The molecule has 0 spiro atoms. The van der Waals surface area contributed by atoms with E-state index in [1.165, 1.54) is 6.39 Å². The fraction of sp³-hybridized carbons (Fsp3) is 0.438. The number of aromatic nitrogens is 1. The number of nitrogens with zero attached hydrogens (tertiary/aromatic N) is 2. The Kier molecular flexibility index (Phi) is 5.36. The molecule has 1 heterocycles. The summed E-state index contributed by atoms with van der Waals surface area (Å²) in [4.78, 5) is 6.43. The predicted octanol–water partition coefficient (Wildman–Crippen LogP) is 2.52. The van der Waals surface area contributed by atoms with Gasteiger partial charge in [-0.2, -0.15) is 0 Å². The van der Waals surface area contributed by atoms with Gasteiger partial charge in [-0.25, -0.2) is 4.98 Å². The van der Waals surface area contributed by atoms with Gasteiger partial charge in [0.15, 0.2) is 12.2 Å². The molecule has 1 aromatic carbocycles. The van der Waals surface area contributed by atoms with Gasteiger partial charge in [0.25, 0.3) is 0 Å². The van der Waals surface area contributed by atoms with Crippen molar-refractivity contribution in [2.45, 2.75) is 26.5 Å². The van der Waals surface area contributed by atoms with Crippen LogP contribution in [0.25, 0.3) is 11.3 Å². The molecular formula is C16H23N3O2. The maximum Gasteiger partial charge on any atom is 0.181 e. The van der Waals surface area contributed by atoms with E-state index in [9.17, 15) is 0 Å². The van der Waals surface area contributed by atoms with Gasteiger partial charge in [-0.15, -0.1) is 0 Å². The lowest BCUT2D eigenvalue weighted by Gasteiger charge is -2.14. The second-order valence-corrected chi connectivity index (χ2v) is 5.35. The summed E-state index contributed by atoms with van der Waals surface area (Å²) in [6.07, 6.45) is 1.65. The Hall–Kier alpha value is -1.85. The molecule has 0 fully saturated rings. The van der Waals surface area contributed by atoms with Crippen LogP contribution < -0.4 is 10.5 Å². The highest BCUT2D eigenvalue weighted by molar-refractivity contribution is 5.60. The Morgan fingerprint density at radius 1 is 1.29 bits per heavy atom. The number of benzene rings is 1. The largest absolute Gasteiger partial charge is 0.491 e. The highest BCUT2D eigenvalue weighted by Gasteiger charge is 2.12. The molecule has 0 radical (unpaired) electrons. The van der Waals surface area contributed by atoms with E-state index in [1.54, 1.807) is 0 Å². The molecule has 0 unspecified atom stereocenters. The number of rotatable bonds is 7. The molecule has 0 saturated carbocycles. The molecule has 1 aromatic heterocycles. The average molecular weight is 289 g/mol. The van der Waals surface area contributed by atoms with E-state index in [-0.39, 0.29) is 6.10 Å². The van der Waals surface area contributed by atoms with E-state index in [0.29, 0.717) is 13.1 Å². The maximum absolute atomic E-state index is 5.64. The molecule has 0 aliphatic heterocycles. The molecule has 114 valence electrons. The highest BCUT2D eigenvalue weighted by Crippen LogP contribution is 2.26. The molecule has 21 heavy (non-hydrogen) atoms. The van der Waals surface area contributed by atoms with Crippen molar-refractivity contribution in [2.24, 2.45) is 5.73 Å². The molecule has 5 heteroatoms. The van der Waals surface area contributed by atoms with Crippen molar-refractivity contribution >= 4 is 0 Å². The second kappa shape index (κ2) is 7.24. The lowest BCUT2D eigenvalue weighted by atomic mass is 10.1. The zero-order chi connectivity index (χ0) is 15.2. The Morgan fingerprint density at radius 3 is 2.62 bits per heavy atom. The van der Waals surface area contributed by atoms with Gasteiger partial charge in [-0.1, -0.05) is 0 Å². The van der Waals surface area contributed by atoms with Gasteiger partial charge < -0.3 is 14.9 Å². The zero-order valence-corrected chi connectivity index (χ0v) is 12.9. The predicted molar refractivity (Wildman–Crippen MR) is 83.1 cm³/mol. The van der Waals surface area contributed by atoms with Gasteiger partial charge >= 0.3 is 0 Å². The zero-order valence-electron chi connectivity index (χ0n) is 12.9. The molecule has 0 bridgehead atoms. The number of ether oxygens (including phenoxy) is 1. The van der Waals surface area contributed by atoms with Gasteiger partial charge in [-0.05, 0) is 45.2 Å². The van der Waals surface area contributed by atoms with Crippen molar-refractivity contribution in [1.82, 2.24) is 9.88 Å². The van der Waals surface area contributed by atoms with Crippen molar-refractivity contribution < 1.29 is 9.15 Å². The van der Waals surface area contributed by atoms with Crippen LogP contribution >= 0.6 is 0 Å². The third kappa shape index (κ3) is 4.31. The van der Waals surface area contributed by atoms with Crippen molar-refractivity contribution in [1.29, 1.82) is 0 Å². The summed E-state index contributed by atoms with van der Waals surface area (Å²) in [6, 6.07) is 7.88. The van der Waals surface area contributed by atoms with Crippen molar-refractivity contribution in [2.75, 3.05) is 20.1 Å². The van der Waals surface area contributed by atoms with Crippen LogP contribution in [-0.2, 0) is 6.54 Å². The summed E-state index contributed by atoms with van der Waals surface area (Å²) in [6.45, 7) is 6.19. The summed E-state index contributed by atoms with van der Waals surface area (Å²) < 4.78 is 11.2. The van der Waals surface area contributed by atoms with Crippen LogP contribution in [0.2, 0.25) is 0 Å². The average Bonchev–Trinajstić information content (AvgIpc) is 2.87. The molecule has 2 N–H and O–H groups in total. The first kappa shape index (κ1) is 15.5. The van der Waals surface area contributed by atoms with E-state index < -0.39 is 0 Å². The van der Waals surface area contributed by atoms with Crippen LogP contribution in [0, 0.1) is 0 Å². The Bertz CT molecular complexity index is 549. The van der Waals surface area contributed by atoms with Crippen LogP contribution in [0.3, 0.4) is 0 Å². The van der Waals surface area contributed by atoms with Gasteiger partial charge in [0.2, 0.25) is 0 Å². The Labute approximate surface area is 125 Å². The molecule has 5 nitrogen and oxygen atoms in total. The first-order valence-corrected chi connectivity index (χ1v) is 7.18. The van der Waals surface area contributed by atoms with Crippen molar-refractivity contribution in [3.8, 4) is 17.1 Å². The van der Waals surface area contributed by atoms with Gasteiger partial charge in [0.1, 0.15) is 11.4 Å². The molecule has 2 rings (SSSR count). The number of nitrogens with two attached hydrogens (primary N) is 1. The summed E-state index contributed by atoms with van der Waals surface area (Å²) in [7, 11) is 2.02. The summed E-state index contributed by atoms with van der Waals surface area (Å²) in [5, 5.41) is 0. The topological polar surface area (TPSA) is 64.5 Å². The molecule has 0 aliphatic carbocycles. The number of hydrogen-bond acceptors (Lipinski definition) is 5. The lowest BCUT2D eigenvalue weighted by molar-refractivity contribution is 0.242. The molecule has 2 aromatic rings. The number of hydrogen-bond donors (Lipinski definition) is 1. The molecule has 0 amide bonds. The SMILES string of the molecule is CC(C)Oc1ccc(-c2ocnc2CN(C)CCN)cc1. The smallest absolute Gasteiger partial charge is 0.181 e. The van der Waals surface area contributed by atoms with E-state index in [2.05, 4.69) is 9.88 Å². The normalized spacial score (nSPS) is 11.3. The highest BCUT2D eigenvalue weighted by atomic mass is 16.5. The standard InChI is InChI=1S/C16H23N3O2/c1-12(2)21-14-6-4-13(5-7-14)16-15(18-11-20-16)10-19(3)9-8-17/h4-7,11-12H,8-10,17H2,1-3H3. The number of likely N-dealkylation sites (N-methyl/N-ethyl adjacent to an activating group) is 1. The minimum atomic E-state index is 0.168. The first-order chi connectivity index (χ1) is 10.1. The van der Waals surface area contributed by atoms with Crippen LogP contribution in [0.5, 0.6) is 5.75 Å². The van der Waals surface area contributed by atoms with E-state index in [0.717, 1.165) is 29.3 Å². The van der Waals surface area contributed by atoms with Crippen molar-refractivity contribution in [3.05, 3.63) is 36.4 Å². The monoisotopic (exact) mass is 289 g/mol. The summed E-state index contributed by atoms with van der Waals surface area (Å²) >= 11 is 0. The summed E-state index contributed by atoms with van der Waals surface area (Å²) in [5.41, 5.74) is 7.48. The van der Waals surface area contributed by atoms with E-state index in [1.807, 2.05) is 45.2 Å². The lowest BCUT2D eigenvalue weighted by Crippen LogP contribution is -2.25. The third-order valence-corrected chi connectivity index (χ3v) is 3.06. The number of oxazole rings is 1. The maximum atomic E-state index is 5.64. The Morgan fingerprint density at radius 2 is 2.00 bits per heavy atom. The van der Waals surface area contributed by atoms with Gasteiger partial charge in [0.05, 0.1) is 6.10 Å². The second-order valence-electron chi connectivity index (χ2n) is 5.35. The van der Waals surface area contributed by atoms with Crippen LogP contribution in [0.15, 0.2) is 35.1 Å². The minimum Gasteiger partial charge on any atom is -0.491 e. The van der Waals surface area contributed by atoms with Gasteiger partial charge in [0, 0.05) is 25.2 Å². The third-order valence-electron chi connectivity index (χ3n) is 3.06. The van der Waals surface area contributed by atoms with E-state index >= 15 is 0 Å². The fourth-order valence-electron chi connectivity index (χ4n) is 2.13. The summed E-state index contributed by atoms with van der Waals surface area (Å²) in [5.74, 6) is 1.66. The van der Waals surface area contributed by atoms with Crippen molar-refractivity contribution in [3.63, 3.8) is 0 Å². The molecule has 0 aliphatic rings. The van der Waals surface area contributed by atoms with Crippen LogP contribution in [0.4, 0.5) is 0 Å². The fourth-order valence-corrected chi connectivity index (χ4v) is 2.13. The quantitative estimate of drug-likeness (QED) is 0.848. The molecule has 0 saturated heterocycles. The first-order valence-electron chi connectivity index (χ1n) is 7.18. The van der Waals surface area contributed by atoms with E-state index in [4.69, 9.17) is 14.9 Å². The Balaban J connectivity index is 2.13. The van der Waals surface area contributed by atoms with Crippen LogP contribution in [-0.4, -0.2) is 36.1 Å². The van der Waals surface area contributed by atoms with Crippen LogP contribution in [0.1, 0.15) is 19.5 Å². The van der Waals surface area contributed by atoms with Gasteiger partial charge in [-0.3, -0.25) is 4.90 Å². The minimum absolute atomic E-state index is 0.168.